The predicted molar refractivity (Wildman–Crippen MR) is 116 cm³/mol. The van der Waals surface area contributed by atoms with Gasteiger partial charge in [-0.3, -0.25) is 4.90 Å². The zero-order valence-corrected chi connectivity index (χ0v) is 18.8. The molecule has 4 rings (SSSR count). The van der Waals surface area contributed by atoms with Crippen LogP contribution in [0.25, 0.3) is 10.9 Å². The van der Waals surface area contributed by atoms with Crippen molar-refractivity contribution in [3.8, 4) is 5.75 Å². The van der Waals surface area contributed by atoms with Gasteiger partial charge in [0.1, 0.15) is 10.6 Å². The molecule has 0 spiro atoms. The van der Waals surface area contributed by atoms with Crippen molar-refractivity contribution >= 4 is 36.9 Å². The van der Waals surface area contributed by atoms with Crippen LogP contribution in [-0.2, 0) is 16.6 Å². The van der Waals surface area contributed by atoms with E-state index in [0.29, 0.717) is 22.3 Å². The van der Waals surface area contributed by atoms with E-state index in [1.54, 1.807) is 43.5 Å². The summed E-state index contributed by atoms with van der Waals surface area (Å²) in [6.45, 7) is 4.40. The number of likely N-dealkylation sites (N-methyl/N-ethyl adjacent to an activating group) is 1. The fraction of sp³-hybridized carbons (Fsp3) is 0.350. The molecule has 0 aliphatic carbocycles. The fourth-order valence-corrected chi connectivity index (χ4v) is 5.80. The SMILES string of the molecule is COc1ccc2c(c1)c(CN1CCN(C)CC1)nn2S(=O)(=O)c1ccccc1Br. The van der Waals surface area contributed by atoms with Crippen LogP contribution in [0.5, 0.6) is 5.75 Å². The molecule has 0 amide bonds. The average molecular weight is 479 g/mol. The highest BCUT2D eigenvalue weighted by atomic mass is 79.9. The van der Waals surface area contributed by atoms with Crippen LogP contribution in [-0.4, -0.2) is 67.7 Å². The molecule has 1 aliphatic heterocycles. The summed E-state index contributed by atoms with van der Waals surface area (Å²) in [6, 6.07) is 12.2. The minimum absolute atomic E-state index is 0.186. The van der Waals surface area contributed by atoms with E-state index in [-0.39, 0.29) is 4.90 Å². The fourth-order valence-electron chi connectivity index (χ4n) is 3.52. The largest absolute Gasteiger partial charge is 0.497 e. The first kappa shape index (κ1) is 20.3. The Labute approximate surface area is 179 Å². The number of fused-ring (bicyclic) bond motifs is 1. The molecule has 1 saturated heterocycles. The summed E-state index contributed by atoms with van der Waals surface area (Å²) in [7, 11) is -0.145. The Balaban J connectivity index is 1.82. The van der Waals surface area contributed by atoms with Gasteiger partial charge in [0.05, 0.1) is 18.3 Å². The van der Waals surface area contributed by atoms with Gasteiger partial charge in [0, 0.05) is 42.6 Å². The Morgan fingerprint density at radius 2 is 1.83 bits per heavy atom. The summed E-state index contributed by atoms with van der Waals surface area (Å²) in [5.74, 6) is 0.676. The zero-order chi connectivity index (χ0) is 20.6. The molecule has 0 unspecified atom stereocenters. The molecule has 1 fully saturated rings. The Morgan fingerprint density at radius 1 is 1.10 bits per heavy atom. The molecule has 0 radical (unpaired) electrons. The Kier molecular flexibility index (Phi) is 5.65. The topological polar surface area (TPSA) is 67.7 Å². The van der Waals surface area contributed by atoms with Gasteiger partial charge < -0.3 is 9.64 Å². The van der Waals surface area contributed by atoms with Crippen molar-refractivity contribution in [2.24, 2.45) is 0 Å². The van der Waals surface area contributed by atoms with Crippen LogP contribution >= 0.6 is 15.9 Å². The first-order chi connectivity index (χ1) is 13.9. The second-order valence-corrected chi connectivity index (χ2v) is 9.78. The summed E-state index contributed by atoms with van der Waals surface area (Å²) < 4.78 is 33.8. The maximum Gasteiger partial charge on any atom is 0.284 e. The lowest BCUT2D eigenvalue weighted by Gasteiger charge is -2.31. The standard InChI is InChI=1S/C20H23BrN4O3S/c1-23-9-11-24(12-10-23)14-18-16-13-15(28-2)7-8-19(16)25(22-18)29(26,27)20-6-4-3-5-17(20)21/h3-8,13H,9-12,14H2,1-2H3. The second-order valence-electron chi connectivity index (χ2n) is 7.19. The molecule has 29 heavy (non-hydrogen) atoms. The van der Waals surface area contributed by atoms with Crippen LogP contribution in [0.1, 0.15) is 5.69 Å². The highest BCUT2D eigenvalue weighted by molar-refractivity contribution is 9.10. The van der Waals surface area contributed by atoms with Gasteiger partial charge in [-0.2, -0.15) is 17.6 Å². The number of methoxy groups -OCH3 is 1. The summed E-state index contributed by atoms with van der Waals surface area (Å²) in [5.41, 5.74) is 1.28. The predicted octanol–water partition coefficient (Wildman–Crippen LogP) is 2.79. The third-order valence-corrected chi connectivity index (χ3v) is 7.84. The van der Waals surface area contributed by atoms with Crippen LogP contribution in [0, 0.1) is 0 Å². The number of hydrogen-bond acceptors (Lipinski definition) is 6. The van der Waals surface area contributed by atoms with Crippen molar-refractivity contribution in [2.45, 2.75) is 11.4 Å². The van der Waals surface area contributed by atoms with E-state index in [1.165, 1.54) is 0 Å². The van der Waals surface area contributed by atoms with Crippen LogP contribution in [0.4, 0.5) is 0 Å². The quantitative estimate of drug-likeness (QED) is 0.561. The second kappa shape index (κ2) is 8.06. The molecule has 7 nitrogen and oxygen atoms in total. The van der Waals surface area contributed by atoms with E-state index in [9.17, 15) is 8.42 Å². The molecule has 0 N–H and O–H groups in total. The number of hydrogen-bond donors (Lipinski definition) is 0. The smallest absolute Gasteiger partial charge is 0.284 e. The normalized spacial score (nSPS) is 16.4. The molecule has 0 saturated carbocycles. The molecular formula is C20H23BrN4O3S. The van der Waals surface area contributed by atoms with Gasteiger partial charge in [-0.25, -0.2) is 0 Å². The van der Waals surface area contributed by atoms with E-state index in [4.69, 9.17) is 4.74 Å². The first-order valence-electron chi connectivity index (χ1n) is 9.37. The molecule has 3 aromatic rings. The van der Waals surface area contributed by atoms with E-state index in [0.717, 1.165) is 41.3 Å². The van der Waals surface area contributed by atoms with Gasteiger partial charge in [0.2, 0.25) is 0 Å². The summed E-state index contributed by atoms with van der Waals surface area (Å²) in [5, 5.41) is 5.35. The number of aromatic nitrogens is 2. The summed E-state index contributed by atoms with van der Waals surface area (Å²) in [4.78, 5) is 4.77. The molecular weight excluding hydrogens is 456 g/mol. The Morgan fingerprint density at radius 3 is 2.52 bits per heavy atom. The molecule has 154 valence electrons. The molecule has 1 aliphatic rings. The lowest BCUT2D eigenvalue weighted by molar-refractivity contribution is 0.147. The third-order valence-electron chi connectivity index (χ3n) is 5.24. The Hall–Kier alpha value is -1.94. The third kappa shape index (κ3) is 3.92. The van der Waals surface area contributed by atoms with Gasteiger partial charge >= 0.3 is 0 Å². The van der Waals surface area contributed by atoms with E-state index in [1.807, 2.05) is 6.07 Å². The summed E-state index contributed by atoms with van der Waals surface area (Å²) >= 11 is 3.36. The van der Waals surface area contributed by atoms with Gasteiger partial charge in [-0.15, -0.1) is 0 Å². The van der Waals surface area contributed by atoms with E-state index < -0.39 is 10.0 Å². The average Bonchev–Trinajstić information content (AvgIpc) is 3.08. The maximum absolute atomic E-state index is 13.4. The molecule has 2 heterocycles. The van der Waals surface area contributed by atoms with Gasteiger partial charge in [0.25, 0.3) is 10.0 Å². The van der Waals surface area contributed by atoms with Gasteiger partial charge in [-0.1, -0.05) is 12.1 Å². The van der Waals surface area contributed by atoms with Gasteiger partial charge in [0.15, 0.2) is 0 Å². The molecule has 0 atom stereocenters. The zero-order valence-electron chi connectivity index (χ0n) is 16.4. The Bertz CT molecular complexity index is 1140. The number of halogens is 1. The van der Waals surface area contributed by atoms with Crippen molar-refractivity contribution < 1.29 is 13.2 Å². The van der Waals surface area contributed by atoms with Crippen molar-refractivity contribution in [3.63, 3.8) is 0 Å². The minimum atomic E-state index is -3.85. The maximum atomic E-state index is 13.4. The van der Waals surface area contributed by atoms with E-state index in [2.05, 4.69) is 37.9 Å². The number of nitrogens with zero attached hydrogens (tertiary/aromatic N) is 4. The first-order valence-corrected chi connectivity index (χ1v) is 11.6. The molecule has 9 heteroatoms. The lowest BCUT2D eigenvalue weighted by atomic mass is 10.2. The number of benzene rings is 2. The molecule has 2 aromatic carbocycles. The monoisotopic (exact) mass is 478 g/mol. The highest BCUT2D eigenvalue weighted by Gasteiger charge is 2.26. The molecule has 0 bridgehead atoms. The lowest BCUT2D eigenvalue weighted by Crippen LogP contribution is -2.44. The number of rotatable bonds is 5. The van der Waals surface area contributed by atoms with Crippen LogP contribution in [0.3, 0.4) is 0 Å². The van der Waals surface area contributed by atoms with Crippen LogP contribution in [0.2, 0.25) is 0 Å². The van der Waals surface area contributed by atoms with Crippen molar-refractivity contribution in [1.82, 2.24) is 19.0 Å². The van der Waals surface area contributed by atoms with Crippen molar-refractivity contribution in [3.05, 3.63) is 52.6 Å². The number of piperazine rings is 1. The van der Waals surface area contributed by atoms with Crippen LogP contribution in [0.15, 0.2) is 51.8 Å². The molecule has 1 aromatic heterocycles. The van der Waals surface area contributed by atoms with E-state index >= 15 is 0 Å². The highest BCUT2D eigenvalue weighted by Crippen LogP contribution is 2.30. The van der Waals surface area contributed by atoms with Crippen molar-refractivity contribution in [1.29, 1.82) is 0 Å². The number of ether oxygens (including phenoxy) is 1. The van der Waals surface area contributed by atoms with Gasteiger partial charge in [-0.05, 0) is 53.3 Å². The summed E-state index contributed by atoms with van der Waals surface area (Å²) in [6.07, 6.45) is 0. The minimum Gasteiger partial charge on any atom is -0.497 e. The van der Waals surface area contributed by atoms with Crippen molar-refractivity contribution in [2.75, 3.05) is 40.3 Å². The van der Waals surface area contributed by atoms with Crippen LogP contribution < -0.4 is 4.74 Å².